The van der Waals surface area contributed by atoms with Gasteiger partial charge in [-0.25, -0.2) is 0 Å². The molecule has 0 saturated heterocycles. The van der Waals surface area contributed by atoms with Crippen molar-refractivity contribution >= 4 is 33.3 Å². The van der Waals surface area contributed by atoms with Crippen LogP contribution in [0, 0.1) is 24.7 Å². The van der Waals surface area contributed by atoms with Gasteiger partial charge in [0, 0.05) is 16.4 Å². The highest BCUT2D eigenvalue weighted by atomic mass is 32.1. The molecule has 4 aliphatic rings. The molecule has 0 aliphatic heterocycles. The number of aromatic nitrogens is 2. The molecule has 0 unspecified atom stereocenters. The minimum Gasteiger partial charge on any atom is -0.451 e. The van der Waals surface area contributed by atoms with Gasteiger partial charge in [-0.3, -0.25) is 10.1 Å². The summed E-state index contributed by atoms with van der Waals surface area (Å²) in [4.78, 5) is 12.8. The highest BCUT2D eigenvalue weighted by molar-refractivity contribution is 7.15. The van der Waals surface area contributed by atoms with Gasteiger partial charge < -0.3 is 4.42 Å². The van der Waals surface area contributed by atoms with Gasteiger partial charge in [-0.2, -0.15) is 0 Å². The fourth-order valence-corrected chi connectivity index (χ4v) is 7.36. The van der Waals surface area contributed by atoms with Crippen LogP contribution in [-0.4, -0.2) is 16.1 Å². The lowest BCUT2D eigenvalue weighted by Gasteiger charge is -2.55. The van der Waals surface area contributed by atoms with Crippen LogP contribution in [0.5, 0.6) is 0 Å². The van der Waals surface area contributed by atoms with Crippen LogP contribution in [0.1, 0.15) is 59.7 Å². The van der Waals surface area contributed by atoms with E-state index in [9.17, 15) is 4.79 Å². The van der Waals surface area contributed by atoms with Gasteiger partial charge in [0.25, 0.3) is 5.91 Å². The molecule has 0 radical (unpaired) electrons. The molecule has 4 aliphatic carbocycles. The Morgan fingerprint density at radius 3 is 2.46 bits per heavy atom. The van der Waals surface area contributed by atoms with Crippen LogP contribution in [0.25, 0.3) is 11.0 Å². The number of benzene rings is 1. The fraction of sp³-hybridized carbons (Fsp3) is 0.500. The van der Waals surface area contributed by atoms with E-state index in [4.69, 9.17) is 4.42 Å². The zero-order valence-electron chi connectivity index (χ0n) is 15.9. The van der Waals surface area contributed by atoms with E-state index in [2.05, 4.69) is 15.5 Å². The van der Waals surface area contributed by atoms with Crippen LogP contribution >= 0.6 is 11.3 Å². The molecule has 144 valence electrons. The van der Waals surface area contributed by atoms with E-state index >= 15 is 0 Å². The molecule has 1 aromatic carbocycles. The molecule has 2 aromatic heterocycles. The topological polar surface area (TPSA) is 68.0 Å². The summed E-state index contributed by atoms with van der Waals surface area (Å²) in [5.74, 6) is 2.71. The maximum Gasteiger partial charge on any atom is 0.293 e. The van der Waals surface area contributed by atoms with E-state index < -0.39 is 0 Å². The zero-order chi connectivity index (χ0) is 18.9. The normalized spacial score (nSPS) is 30.8. The van der Waals surface area contributed by atoms with Crippen molar-refractivity contribution in [2.24, 2.45) is 17.8 Å². The van der Waals surface area contributed by atoms with Crippen molar-refractivity contribution in [2.75, 3.05) is 5.32 Å². The number of nitrogens with zero attached hydrogens (tertiary/aromatic N) is 2. The van der Waals surface area contributed by atoms with Gasteiger partial charge in [0.15, 0.2) is 5.76 Å². The third-order valence-corrected chi connectivity index (χ3v) is 8.27. The monoisotopic (exact) mass is 393 g/mol. The van der Waals surface area contributed by atoms with Crippen LogP contribution in [-0.2, 0) is 5.41 Å². The standard InChI is InChI=1S/C22H23N3O2S/c1-12-16-4-2-3-5-17(16)27-18(12)19(26)23-21-25-24-20(28-21)22-9-13-6-14(10-22)8-15(7-13)11-22/h2-5,13-15H,6-11H2,1H3,(H,23,25,26). The highest BCUT2D eigenvalue weighted by Gasteiger charge is 2.53. The van der Waals surface area contributed by atoms with Gasteiger partial charge in [0.2, 0.25) is 5.13 Å². The third-order valence-electron chi connectivity index (χ3n) is 7.19. The van der Waals surface area contributed by atoms with Crippen molar-refractivity contribution in [1.29, 1.82) is 0 Å². The molecule has 2 heterocycles. The summed E-state index contributed by atoms with van der Waals surface area (Å²) in [5, 5.41) is 14.5. The Balaban J connectivity index is 1.26. The van der Waals surface area contributed by atoms with Crippen molar-refractivity contribution < 1.29 is 9.21 Å². The molecular formula is C22H23N3O2S. The summed E-state index contributed by atoms with van der Waals surface area (Å²) in [6.07, 6.45) is 7.99. The molecule has 4 bridgehead atoms. The van der Waals surface area contributed by atoms with Gasteiger partial charge in [-0.05, 0) is 69.3 Å². The van der Waals surface area contributed by atoms with Gasteiger partial charge >= 0.3 is 0 Å². The summed E-state index contributed by atoms with van der Waals surface area (Å²) < 4.78 is 5.78. The first-order valence-corrected chi connectivity index (χ1v) is 11.0. The molecule has 1 N–H and O–H groups in total. The Labute approximate surface area is 167 Å². The summed E-state index contributed by atoms with van der Waals surface area (Å²) in [6, 6.07) is 7.72. The van der Waals surface area contributed by atoms with Gasteiger partial charge in [-0.1, -0.05) is 29.5 Å². The summed E-state index contributed by atoms with van der Waals surface area (Å²) >= 11 is 1.56. The first kappa shape index (κ1) is 16.7. The average Bonchev–Trinajstić information content (AvgIpc) is 3.26. The molecule has 3 aromatic rings. The second kappa shape index (κ2) is 5.89. The number of para-hydroxylation sites is 1. The van der Waals surface area contributed by atoms with Gasteiger partial charge in [0.1, 0.15) is 10.6 Å². The number of rotatable bonds is 3. The Kier molecular flexibility index (Phi) is 3.52. The predicted molar refractivity (Wildman–Crippen MR) is 109 cm³/mol. The van der Waals surface area contributed by atoms with E-state index in [0.29, 0.717) is 10.9 Å². The molecule has 4 saturated carbocycles. The number of anilines is 1. The number of furan rings is 1. The number of hydrogen-bond acceptors (Lipinski definition) is 5. The Hall–Kier alpha value is -2.21. The predicted octanol–water partition coefficient (Wildman–Crippen LogP) is 5.31. The third kappa shape index (κ3) is 2.47. The molecule has 5 nitrogen and oxygen atoms in total. The molecule has 1 amide bonds. The number of amides is 1. The van der Waals surface area contributed by atoms with Crippen molar-refractivity contribution in [3.63, 3.8) is 0 Å². The second-order valence-electron chi connectivity index (χ2n) is 9.12. The van der Waals surface area contributed by atoms with Crippen molar-refractivity contribution in [2.45, 2.75) is 50.9 Å². The van der Waals surface area contributed by atoms with E-state index in [1.54, 1.807) is 11.3 Å². The molecule has 28 heavy (non-hydrogen) atoms. The molecule has 7 rings (SSSR count). The van der Waals surface area contributed by atoms with Crippen molar-refractivity contribution in [3.8, 4) is 0 Å². The largest absolute Gasteiger partial charge is 0.451 e. The van der Waals surface area contributed by atoms with Crippen LogP contribution in [0.4, 0.5) is 5.13 Å². The lowest BCUT2D eigenvalue weighted by atomic mass is 9.50. The Morgan fingerprint density at radius 2 is 1.79 bits per heavy atom. The fourth-order valence-electron chi connectivity index (χ4n) is 6.41. The highest BCUT2D eigenvalue weighted by Crippen LogP contribution is 2.61. The summed E-state index contributed by atoms with van der Waals surface area (Å²) in [6.45, 7) is 1.92. The Morgan fingerprint density at radius 1 is 1.11 bits per heavy atom. The molecule has 4 fully saturated rings. The number of carbonyl (C=O) groups excluding carboxylic acids is 1. The van der Waals surface area contributed by atoms with E-state index in [0.717, 1.165) is 39.3 Å². The average molecular weight is 394 g/mol. The lowest BCUT2D eigenvalue weighted by molar-refractivity contribution is -0.00555. The number of carbonyl (C=O) groups is 1. The SMILES string of the molecule is Cc1c(C(=O)Nc2nnc(C34CC5CC(CC(C5)C3)C4)s2)oc2ccccc12. The van der Waals surface area contributed by atoms with Crippen LogP contribution in [0.3, 0.4) is 0 Å². The van der Waals surface area contributed by atoms with Crippen molar-refractivity contribution in [3.05, 3.63) is 40.6 Å². The van der Waals surface area contributed by atoms with E-state index in [1.807, 2.05) is 31.2 Å². The lowest BCUT2D eigenvalue weighted by Crippen LogP contribution is -2.48. The first-order chi connectivity index (χ1) is 13.6. The zero-order valence-corrected chi connectivity index (χ0v) is 16.7. The molecular weight excluding hydrogens is 370 g/mol. The number of fused-ring (bicyclic) bond motifs is 1. The minimum absolute atomic E-state index is 0.213. The number of nitrogens with one attached hydrogen (secondary N) is 1. The maximum atomic E-state index is 12.8. The smallest absolute Gasteiger partial charge is 0.293 e. The van der Waals surface area contributed by atoms with Gasteiger partial charge in [-0.15, -0.1) is 10.2 Å². The summed E-state index contributed by atoms with van der Waals surface area (Å²) in [7, 11) is 0. The number of hydrogen-bond donors (Lipinski definition) is 1. The Bertz CT molecular complexity index is 1050. The van der Waals surface area contributed by atoms with Crippen LogP contribution in [0.15, 0.2) is 28.7 Å². The van der Waals surface area contributed by atoms with Crippen LogP contribution in [0.2, 0.25) is 0 Å². The molecule has 6 heteroatoms. The molecule has 0 spiro atoms. The minimum atomic E-state index is -0.248. The maximum absolute atomic E-state index is 12.8. The summed E-state index contributed by atoms with van der Waals surface area (Å²) in [5.41, 5.74) is 1.81. The van der Waals surface area contributed by atoms with Gasteiger partial charge in [0.05, 0.1) is 0 Å². The quantitative estimate of drug-likeness (QED) is 0.654. The second-order valence-corrected chi connectivity index (χ2v) is 10.1. The van der Waals surface area contributed by atoms with Crippen molar-refractivity contribution in [1.82, 2.24) is 10.2 Å². The number of aryl methyl sites for hydroxylation is 1. The van der Waals surface area contributed by atoms with E-state index in [1.165, 1.54) is 38.5 Å². The molecule has 0 atom stereocenters. The van der Waals surface area contributed by atoms with E-state index in [-0.39, 0.29) is 11.3 Å². The van der Waals surface area contributed by atoms with Crippen LogP contribution < -0.4 is 5.32 Å². The first-order valence-electron chi connectivity index (χ1n) is 10.2.